The number of β-lactam (4-membered cyclic amide) rings is 1. The Bertz CT molecular complexity index is 377. The molecule has 1 aliphatic heterocycles. The van der Waals surface area contributed by atoms with Gasteiger partial charge in [0.2, 0.25) is 5.91 Å². The maximum Gasteiger partial charge on any atom is 0.226 e. The van der Waals surface area contributed by atoms with Crippen molar-refractivity contribution in [1.29, 1.82) is 0 Å². The number of carbonyl (C=O) groups excluding carboxylic acids is 1. The van der Waals surface area contributed by atoms with Crippen molar-refractivity contribution in [2.24, 2.45) is 0 Å². The summed E-state index contributed by atoms with van der Waals surface area (Å²) in [6.07, 6.45) is 3.81. The molecule has 1 saturated heterocycles. The third-order valence-electron chi connectivity index (χ3n) is 3.32. The lowest BCUT2D eigenvalue weighted by molar-refractivity contribution is -0.162. The minimum atomic E-state index is -0.0357. The third kappa shape index (κ3) is 3.33. The van der Waals surface area contributed by atoms with Gasteiger partial charge >= 0.3 is 0 Å². The SMILES string of the molecule is CCCC[C@@H](OCc1ccccc1)N1CCC1=O. The molecule has 1 atom stereocenters. The molecule has 0 bridgehead atoms. The van der Waals surface area contributed by atoms with Crippen LogP contribution in [0, 0.1) is 0 Å². The molecule has 0 unspecified atom stereocenters. The van der Waals surface area contributed by atoms with Gasteiger partial charge in [-0.2, -0.15) is 0 Å². The van der Waals surface area contributed by atoms with E-state index in [0.29, 0.717) is 13.0 Å². The molecule has 2 rings (SSSR count). The first-order valence-corrected chi connectivity index (χ1v) is 6.76. The molecule has 1 amide bonds. The summed E-state index contributed by atoms with van der Waals surface area (Å²) >= 11 is 0. The van der Waals surface area contributed by atoms with Crippen molar-refractivity contribution in [2.75, 3.05) is 6.54 Å². The Morgan fingerprint density at radius 3 is 2.67 bits per heavy atom. The number of benzene rings is 1. The quantitative estimate of drug-likeness (QED) is 0.693. The minimum Gasteiger partial charge on any atom is -0.354 e. The maximum absolute atomic E-state index is 11.5. The highest BCUT2D eigenvalue weighted by Gasteiger charge is 2.31. The van der Waals surface area contributed by atoms with E-state index >= 15 is 0 Å². The Hall–Kier alpha value is -1.35. The van der Waals surface area contributed by atoms with Crippen LogP contribution in [0.3, 0.4) is 0 Å². The standard InChI is InChI=1S/C15H21NO2/c1-2-3-9-15(16-11-10-14(16)17)18-12-13-7-5-4-6-8-13/h4-8,15H,2-3,9-12H2,1H3/t15-/m1/s1. The van der Waals surface area contributed by atoms with Crippen LogP contribution < -0.4 is 0 Å². The van der Waals surface area contributed by atoms with Crippen molar-refractivity contribution in [3.05, 3.63) is 35.9 Å². The van der Waals surface area contributed by atoms with Gasteiger partial charge in [-0.15, -0.1) is 0 Å². The van der Waals surface area contributed by atoms with Crippen LogP contribution in [0.4, 0.5) is 0 Å². The van der Waals surface area contributed by atoms with Crippen LogP contribution in [-0.4, -0.2) is 23.6 Å². The smallest absolute Gasteiger partial charge is 0.226 e. The van der Waals surface area contributed by atoms with E-state index in [9.17, 15) is 4.79 Å². The van der Waals surface area contributed by atoms with Crippen molar-refractivity contribution in [3.8, 4) is 0 Å². The Labute approximate surface area is 109 Å². The Morgan fingerprint density at radius 1 is 1.33 bits per heavy atom. The Morgan fingerprint density at radius 2 is 2.11 bits per heavy atom. The van der Waals surface area contributed by atoms with Gasteiger partial charge in [0.25, 0.3) is 0 Å². The molecule has 0 saturated carbocycles. The molecule has 3 heteroatoms. The summed E-state index contributed by atoms with van der Waals surface area (Å²) in [6, 6.07) is 10.1. The molecule has 1 aromatic rings. The number of hydrogen-bond acceptors (Lipinski definition) is 2. The molecule has 0 N–H and O–H groups in total. The van der Waals surface area contributed by atoms with Crippen LogP contribution in [0.25, 0.3) is 0 Å². The van der Waals surface area contributed by atoms with Gasteiger partial charge in [0.15, 0.2) is 0 Å². The summed E-state index contributed by atoms with van der Waals surface area (Å²) < 4.78 is 5.91. The fourth-order valence-electron chi connectivity index (χ4n) is 2.11. The molecule has 98 valence electrons. The molecule has 0 aromatic heterocycles. The molecule has 0 aliphatic carbocycles. The fourth-order valence-corrected chi connectivity index (χ4v) is 2.11. The zero-order valence-corrected chi connectivity index (χ0v) is 11.0. The first-order valence-electron chi connectivity index (χ1n) is 6.76. The van der Waals surface area contributed by atoms with Crippen molar-refractivity contribution < 1.29 is 9.53 Å². The molecule has 1 aliphatic rings. The number of unbranched alkanes of at least 4 members (excludes halogenated alkanes) is 1. The van der Waals surface area contributed by atoms with E-state index in [1.54, 1.807) is 0 Å². The second kappa shape index (κ2) is 6.55. The van der Waals surface area contributed by atoms with Crippen molar-refractivity contribution in [3.63, 3.8) is 0 Å². The number of rotatable bonds is 7. The molecule has 1 fully saturated rings. The topological polar surface area (TPSA) is 29.5 Å². The second-order valence-corrected chi connectivity index (χ2v) is 4.73. The van der Waals surface area contributed by atoms with E-state index in [2.05, 4.69) is 19.1 Å². The predicted octanol–water partition coefficient (Wildman–Crippen LogP) is 2.95. The number of hydrogen-bond donors (Lipinski definition) is 0. The molecule has 3 nitrogen and oxygen atoms in total. The monoisotopic (exact) mass is 247 g/mol. The van der Waals surface area contributed by atoms with Crippen LogP contribution in [0.1, 0.15) is 38.2 Å². The summed E-state index contributed by atoms with van der Waals surface area (Å²) in [5.41, 5.74) is 1.16. The summed E-state index contributed by atoms with van der Waals surface area (Å²) in [5, 5.41) is 0. The van der Waals surface area contributed by atoms with E-state index in [0.717, 1.165) is 31.4 Å². The largest absolute Gasteiger partial charge is 0.354 e. The zero-order valence-electron chi connectivity index (χ0n) is 11.0. The van der Waals surface area contributed by atoms with Crippen LogP contribution in [0.2, 0.25) is 0 Å². The van der Waals surface area contributed by atoms with Gasteiger partial charge < -0.3 is 9.64 Å². The third-order valence-corrected chi connectivity index (χ3v) is 3.32. The van der Waals surface area contributed by atoms with E-state index in [1.807, 2.05) is 23.1 Å². The van der Waals surface area contributed by atoms with E-state index in [4.69, 9.17) is 4.74 Å². The lowest BCUT2D eigenvalue weighted by Crippen LogP contribution is -2.50. The number of likely N-dealkylation sites (tertiary alicyclic amines) is 1. The predicted molar refractivity (Wildman–Crippen MR) is 70.9 cm³/mol. The van der Waals surface area contributed by atoms with Gasteiger partial charge in [0, 0.05) is 13.0 Å². The first-order chi connectivity index (χ1) is 8.81. The first kappa shape index (κ1) is 13.1. The number of amides is 1. The van der Waals surface area contributed by atoms with Gasteiger partial charge in [0.1, 0.15) is 6.23 Å². The van der Waals surface area contributed by atoms with E-state index in [1.165, 1.54) is 0 Å². The molecule has 1 aromatic carbocycles. The fraction of sp³-hybridized carbons (Fsp3) is 0.533. The molecule has 0 radical (unpaired) electrons. The highest BCUT2D eigenvalue weighted by molar-refractivity contribution is 5.81. The van der Waals surface area contributed by atoms with Crippen molar-refractivity contribution >= 4 is 5.91 Å². The van der Waals surface area contributed by atoms with E-state index in [-0.39, 0.29) is 12.1 Å². The summed E-state index contributed by atoms with van der Waals surface area (Å²) in [4.78, 5) is 13.4. The molecular weight excluding hydrogens is 226 g/mol. The van der Waals surface area contributed by atoms with Gasteiger partial charge in [0.05, 0.1) is 6.61 Å². The average molecular weight is 247 g/mol. The number of ether oxygens (including phenoxy) is 1. The number of carbonyl (C=O) groups is 1. The van der Waals surface area contributed by atoms with Gasteiger partial charge in [-0.05, 0) is 18.4 Å². The van der Waals surface area contributed by atoms with Crippen molar-refractivity contribution in [2.45, 2.75) is 45.4 Å². The zero-order chi connectivity index (χ0) is 12.8. The normalized spacial score (nSPS) is 16.5. The number of nitrogens with zero attached hydrogens (tertiary/aromatic N) is 1. The average Bonchev–Trinajstić information content (AvgIpc) is 2.41. The van der Waals surface area contributed by atoms with E-state index < -0.39 is 0 Å². The lowest BCUT2D eigenvalue weighted by Gasteiger charge is -2.38. The Balaban J connectivity index is 1.86. The minimum absolute atomic E-state index is 0.0357. The van der Waals surface area contributed by atoms with Crippen LogP contribution >= 0.6 is 0 Å². The van der Waals surface area contributed by atoms with Crippen LogP contribution in [0.5, 0.6) is 0 Å². The molecule has 1 heterocycles. The van der Waals surface area contributed by atoms with Gasteiger partial charge in [-0.25, -0.2) is 0 Å². The summed E-state index contributed by atoms with van der Waals surface area (Å²) in [7, 11) is 0. The summed E-state index contributed by atoms with van der Waals surface area (Å²) in [6.45, 7) is 3.59. The highest BCUT2D eigenvalue weighted by Crippen LogP contribution is 2.20. The van der Waals surface area contributed by atoms with Gasteiger partial charge in [-0.3, -0.25) is 4.79 Å². The molecule has 0 spiro atoms. The molecular formula is C15H21NO2. The second-order valence-electron chi connectivity index (χ2n) is 4.73. The van der Waals surface area contributed by atoms with Crippen LogP contribution in [-0.2, 0) is 16.1 Å². The van der Waals surface area contributed by atoms with Gasteiger partial charge in [-0.1, -0.05) is 43.7 Å². The van der Waals surface area contributed by atoms with Crippen molar-refractivity contribution in [1.82, 2.24) is 4.90 Å². The molecule has 18 heavy (non-hydrogen) atoms. The Kier molecular flexibility index (Phi) is 4.76. The highest BCUT2D eigenvalue weighted by atomic mass is 16.5. The van der Waals surface area contributed by atoms with Crippen LogP contribution in [0.15, 0.2) is 30.3 Å². The lowest BCUT2D eigenvalue weighted by atomic mass is 10.1. The summed E-state index contributed by atoms with van der Waals surface area (Å²) in [5.74, 6) is 0.226. The maximum atomic E-state index is 11.5.